The van der Waals surface area contributed by atoms with Gasteiger partial charge >= 0.3 is 0 Å². The average molecular weight is 499 g/mol. The summed E-state index contributed by atoms with van der Waals surface area (Å²) in [5.41, 5.74) is 0.690. The van der Waals surface area contributed by atoms with Gasteiger partial charge in [0.25, 0.3) is 11.7 Å². The Bertz CT molecular complexity index is 1100. The standard InChI is InChI=1S/C28H35FN2O5/c1-5-8-17-36-21-12-9-19(10-13-21)25-24(26(32)20-11-14-23(35-4)22(29)18-20)27(33)28(34)31(25)16-15-30(6-2)7-3/h9-14,18,25,32H,5-8,15-17H2,1-4H3/b26-24-. The number of unbranched alkanes of at least 4 members (excludes halogenated alkanes) is 1. The normalized spacial score (nSPS) is 17.2. The third kappa shape index (κ3) is 5.87. The zero-order valence-electron chi connectivity index (χ0n) is 21.4. The zero-order chi connectivity index (χ0) is 26.2. The fourth-order valence-electron chi connectivity index (χ4n) is 4.30. The van der Waals surface area contributed by atoms with Crippen LogP contribution in [0, 0.1) is 5.82 Å². The molecule has 1 fully saturated rings. The van der Waals surface area contributed by atoms with Crippen molar-refractivity contribution in [1.82, 2.24) is 9.80 Å². The van der Waals surface area contributed by atoms with E-state index >= 15 is 0 Å². The molecular formula is C28H35FN2O5. The van der Waals surface area contributed by atoms with E-state index in [1.54, 1.807) is 24.3 Å². The fourth-order valence-corrected chi connectivity index (χ4v) is 4.30. The van der Waals surface area contributed by atoms with Gasteiger partial charge in [-0.25, -0.2) is 4.39 Å². The van der Waals surface area contributed by atoms with Crippen LogP contribution in [-0.4, -0.2) is 66.5 Å². The van der Waals surface area contributed by atoms with Crippen LogP contribution in [0.2, 0.25) is 0 Å². The molecule has 2 aromatic rings. The number of likely N-dealkylation sites (tertiary alicyclic amines) is 1. The zero-order valence-corrected chi connectivity index (χ0v) is 21.4. The lowest BCUT2D eigenvalue weighted by molar-refractivity contribution is -0.140. The molecule has 0 spiro atoms. The van der Waals surface area contributed by atoms with Gasteiger partial charge in [-0.1, -0.05) is 39.3 Å². The molecule has 0 aromatic heterocycles. The Balaban J connectivity index is 2.04. The molecule has 0 bridgehead atoms. The third-order valence-electron chi connectivity index (χ3n) is 6.48. The summed E-state index contributed by atoms with van der Waals surface area (Å²) in [6, 6.07) is 10.3. The number of aliphatic hydroxyl groups excluding tert-OH is 1. The lowest BCUT2D eigenvalue weighted by Crippen LogP contribution is -2.38. The second-order valence-corrected chi connectivity index (χ2v) is 8.64. The lowest BCUT2D eigenvalue weighted by atomic mass is 9.95. The summed E-state index contributed by atoms with van der Waals surface area (Å²) in [7, 11) is 1.34. The van der Waals surface area contributed by atoms with Gasteiger partial charge < -0.3 is 24.4 Å². The largest absolute Gasteiger partial charge is 0.507 e. The highest BCUT2D eigenvalue weighted by Crippen LogP contribution is 2.40. The molecule has 1 aliphatic heterocycles. The van der Waals surface area contributed by atoms with Crippen LogP contribution < -0.4 is 9.47 Å². The summed E-state index contributed by atoms with van der Waals surface area (Å²) in [6.07, 6.45) is 1.96. The van der Waals surface area contributed by atoms with E-state index in [0.717, 1.165) is 32.0 Å². The number of likely N-dealkylation sites (N-methyl/N-ethyl adjacent to an activating group) is 1. The average Bonchev–Trinajstić information content (AvgIpc) is 3.14. The van der Waals surface area contributed by atoms with Crippen LogP contribution in [0.1, 0.15) is 50.8 Å². The van der Waals surface area contributed by atoms with E-state index < -0.39 is 29.3 Å². The number of methoxy groups -OCH3 is 1. The number of benzene rings is 2. The number of carbonyl (C=O) groups is 2. The smallest absolute Gasteiger partial charge is 0.295 e. The van der Waals surface area contributed by atoms with Gasteiger partial charge in [0.05, 0.1) is 25.3 Å². The Morgan fingerprint density at radius 2 is 1.78 bits per heavy atom. The molecule has 3 rings (SSSR count). The van der Waals surface area contributed by atoms with E-state index in [1.165, 1.54) is 24.1 Å². The van der Waals surface area contributed by atoms with Crippen molar-refractivity contribution >= 4 is 17.4 Å². The Morgan fingerprint density at radius 1 is 1.08 bits per heavy atom. The van der Waals surface area contributed by atoms with Crippen molar-refractivity contribution in [3.05, 3.63) is 65.0 Å². The van der Waals surface area contributed by atoms with Crippen molar-refractivity contribution in [1.29, 1.82) is 0 Å². The van der Waals surface area contributed by atoms with Crippen molar-refractivity contribution in [2.45, 2.75) is 39.7 Å². The molecule has 2 aromatic carbocycles. The number of ketones is 1. The van der Waals surface area contributed by atoms with Crippen molar-refractivity contribution in [2.24, 2.45) is 0 Å². The monoisotopic (exact) mass is 498 g/mol. The molecule has 1 N–H and O–H groups in total. The molecular weight excluding hydrogens is 463 g/mol. The topological polar surface area (TPSA) is 79.3 Å². The molecule has 1 saturated heterocycles. The molecule has 1 atom stereocenters. The van der Waals surface area contributed by atoms with Gasteiger partial charge in [-0.2, -0.15) is 0 Å². The van der Waals surface area contributed by atoms with Gasteiger partial charge in [-0.15, -0.1) is 0 Å². The molecule has 8 heteroatoms. The van der Waals surface area contributed by atoms with Gasteiger partial charge in [-0.05, 0) is 55.4 Å². The van der Waals surface area contributed by atoms with Crippen molar-refractivity contribution < 1.29 is 28.6 Å². The van der Waals surface area contributed by atoms with E-state index in [0.29, 0.717) is 31.0 Å². The van der Waals surface area contributed by atoms with Crippen molar-refractivity contribution in [3.63, 3.8) is 0 Å². The molecule has 194 valence electrons. The summed E-state index contributed by atoms with van der Waals surface area (Å²) >= 11 is 0. The molecule has 36 heavy (non-hydrogen) atoms. The van der Waals surface area contributed by atoms with E-state index in [9.17, 15) is 19.1 Å². The van der Waals surface area contributed by atoms with Crippen LogP contribution in [0.5, 0.6) is 11.5 Å². The second kappa shape index (κ2) is 12.5. The maximum Gasteiger partial charge on any atom is 0.295 e. The number of amides is 1. The van der Waals surface area contributed by atoms with Crippen LogP contribution in [0.25, 0.3) is 5.76 Å². The van der Waals surface area contributed by atoms with E-state index in [-0.39, 0.29) is 16.9 Å². The summed E-state index contributed by atoms with van der Waals surface area (Å²) in [5.74, 6) is -1.88. The maximum absolute atomic E-state index is 14.4. The van der Waals surface area contributed by atoms with Crippen molar-refractivity contribution in [2.75, 3.05) is 39.9 Å². The summed E-state index contributed by atoms with van der Waals surface area (Å²) < 4.78 is 25.1. The number of aliphatic hydroxyl groups is 1. The van der Waals surface area contributed by atoms with Crippen LogP contribution in [0.15, 0.2) is 48.0 Å². The molecule has 1 amide bonds. The number of hydrogen-bond donors (Lipinski definition) is 1. The second-order valence-electron chi connectivity index (χ2n) is 8.64. The summed E-state index contributed by atoms with van der Waals surface area (Å²) in [4.78, 5) is 29.9. The molecule has 0 aliphatic carbocycles. The molecule has 1 unspecified atom stereocenters. The molecule has 0 radical (unpaired) electrons. The number of nitrogens with zero attached hydrogens (tertiary/aromatic N) is 2. The predicted octanol–water partition coefficient (Wildman–Crippen LogP) is 4.78. The van der Waals surface area contributed by atoms with Gasteiger partial charge in [0.15, 0.2) is 11.6 Å². The highest BCUT2D eigenvalue weighted by molar-refractivity contribution is 6.46. The lowest BCUT2D eigenvalue weighted by Gasteiger charge is -2.28. The number of ether oxygens (including phenoxy) is 2. The number of rotatable bonds is 12. The summed E-state index contributed by atoms with van der Waals surface area (Å²) in [5, 5.41) is 11.2. The first kappa shape index (κ1) is 27.2. The van der Waals surface area contributed by atoms with E-state index in [1.807, 2.05) is 13.8 Å². The Hall–Kier alpha value is -3.39. The Kier molecular flexibility index (Phi) is 9.47. The minimum Gasteiger partial charge on any atom is -0.507 e. The van der Waals surface area contributed by atoms with Crippen LogP contribution >= 0.6 is 0 Å². The molecule has 0 saturated carbocycles. The molecule has 1 heterocycles. The number of Topliss-reactive ketones (excluding diaryl/α,β-unsaturated/α-hetero) is 1. The highest BCUT2D eigenvalue weighted by Gasteiger charge is 2.46. The first-order valence-electron chi connectivity index (χ1n) is 12.4. The minimum absolute atomic E-state index is 0.0152. The van der Waals surface area contributed by atoms with Gasteiger partial charge in [0.1, 0.15) is 11.5 Å². The molecule has 1 aliphatic rings. The number of hydrogen-bond acceptors (Lipinski definition) is 6. The van der Waals surface area contributed by atoms with E-state index in [2.05, 4.69) is 11.8 Å². The van der Waals surface area contributed by atoms with Crippen LogP contribution in [-0.2, 0) is 9.59 Å². The number of carbonyl (C=O) groups excluding carboxylic acids is 2. The SMILES string of the molecule is CCCCOc1ccc(C2/C(=C(/O)c3ccc(OC)c(F)c3)C(=O)C(=O)N2CCN(CC)CC)cc1. The van der Waals surface area contributed by atoms with Gasteiger partial charge in [0, 0.05) is 18.7 Å². The maximum atomic E-state index is 14.4. The number of halogens is 1. The Morgan fingerprint density at radius 3 is 2.36 bits per heavy atom. The van der Waals surface area contributed by atoms with E-state index in [4.69, 9.17) is 9.47 Å². The highest BCUT2D eigenvalue weighted by atomic mass is 19.1. The summed E-state index contributed by atoms with van der Waals surface area (Å²) in [6.45, 7) is 9.24. The first-order chi connectivity index (χ1) is 17.4. The molecule has 7 nitrogen and oxygen atoms in total. The van der Waals surface area contributed by atoms with Crippen LogP contribution in [0.4, 0.5) is 4.39 Å². The Labute approximate surface area is 212 Å². The predicted molar refractivity (Wildman–Crippen MR) is 137 cm³/mol. The van der Waals surface area contributed by atoms with Crippen molar-refractivity contribution in [3.8, 4) is 11.5 Å². The fraction of sp³-hybridized carbons (Fsp3) is 0.429. The van der Waals surface area contributed by atoms with Gasteiger partial charge in [0.2, 0.25) is 0 Å². The minimum atomic E-state index is -0.810. The first-order valence-corrected chi connectivity index (χ1v) is 12.4. The van der Waals surface area contributed by atoms with Crippen LogP contribution in [0.3, 0.4) is 0 Å². The quantitative estimate of drug-likeness (QED) is 0.196. The van der Waals surface area contributed by atoms with Gasteiger partial charge in [-0.3, -0.25) is 9.59 Å². The third-order valence-corrected chi connectivity index (χ3v) is 6.48.